The number of anilines is 1. The van der Waals surface area contributed by atoms with Crippen LogP contribution in [-0.4, -0.2) is 41.5 Å². The van der Waals surface area contributed by atoms with Crippen molar-refractivity contribution in [1.29, 1.82) is 0 Å². The Kier molecular flexibility index (Phi) is 6.64. The van der Waals surface area contributed by atoms with Gasteiger partial charge in [-0.3, -0.25) is 14.9 Å². The molecule has 0 fully saturated rings. The average molecular weight is 468 g/mol. The SMILES string of the molecule is COC(=O)CSc1nnc(NC(=O)COc2ccc3ccccc3c2Br)s1. The highest BCUT2D eigenvalue weighted by Gasteiger charge is 2.12. The molecule has 1 N–H and O–H groups in total. The molecule has 1 aromatic heterocycles. The van der Waals surface area contributed by atoms with E-state index in [0.29, 0.717) is 15.2 Å². The molecule has 1 amide bonds. The Morgan fingerprint density at radius 1 is 1.22 bits per heavy atom. The van der Waals surface area contributed by atoms with Crippen LogP contribution in [0.2, 0.25) is 0 Å². The van der Waals surface area contributed by atoms with Crippen LogP contribution in [0, 0.1) is 0 Å². The molecule has 0 atom stereocenters. The topological polar surface area (TPSA) is 90.4 Å². The molecule has 140 valence electrons. The van der Waals surface area contributed by atoms with Crippen LogP contribution < -0.4 is 10.1 Å². The first-order valence-corrected chi connectivity index (χ1v) is 10.3. The number of methoxy groups -OCH3 is 1. The number of fused-ring (bicyclic) bond motifs is 1. The van der Waals surface area contributed by atoms with Gasteiger partial charge in [-0.05, 0) is 32.8 Å². The molecule has 0 bridgehead atoms. The largest absolute Gasteiger partial charge is 0.483 e. The van der Waals surface area contributed by atoms with E-state index in [2.05, 4.69) is 36.2 Å². The third kappa shape index (κ3) is 5.18. The average Bonchev–Trinajstić information content (AvgIpc) is 3.13. The lowest BCUT2D eigenvalue weighted by atomic mass is 10.1. The molecule has 10 heteroatoms. The highest BCUT2D eigenvalue weighted by molar-refractivity contribution is 9.10. The van der Waals surface area contributed by atoms with Gasteiger partial charge in [-0.25, -0.2) is 0 Å². The Labute approximate surface area is 171 Å². The predicted molar refractivity (Wildman–Crippen MR) is 108 cm³/mol. The summed E-state index contributed by atoms with van der Waals surface area (Å²) in [6.45, 7) is -0.166. The first-order valence-electron chi connectivity index (χ1n) is 7.70. The summed E-state index contributed by atoms with van der Waals surface area (Å²) in [6.07, 6.45) is 0. The maximum atomic E-state index is 12.1. The maximum absolute atomic E-state index is 12.1. The summed E-state index contributed by atoms with van der Waals surface area (Å²) in [5.74, 6) is 0.0133. The van der Waals surface area contributed by atoms with Crippen LogP contribution >= 0.6 is 39.0 Å². The summed E-state index contributed by atoms with van der Waals surface area (Å²) in [7, 11) is 1.32. The van der Waals surface area contributed by atoms with E-state index in [9.17, 15) is 9.59 Å². The maximum Gasteiger partial charge on any atom is 0.316 e. The van der Waals surface area contributed by atoms with Crippen LogP contribution in [-0.2, 0) is 14.3 Å². The Hall–Kier alpha value is -2.17. The molecule has 0 saturated carbocycles. The normalized spacial score (nSPS) is 10.6. The molecular formula is C17H14BrN3O4S2. The van der Waals surface area contributed by atoms with E-state index in [-0.39, 0.29) is 24.2 Å². The van der Waals surface area contributed by atoms with E-state index in [0.717, 1.165) is 15.2 Å². The van der Waals surface area contributed by atoms with E-state index in [1.807, 2.05) is 36.4 Å². The highest BCUT2D eigenvalue weighted by Crippen LogP contribution is 2.33. The second kappa shape index (κ2) is 9.16. The number of nitrogens with zero attached hydrogens (tertiary/aromatic N) is 2. The third-order valence-electron chi connectivity index (χ3n) is 3.38. The number of ether oxygens (including phenoxy) is 2. The smallest absolute Gasteiger partial charge is 0.316 e. The molecule has 0 spiro atoms. The minimum atomic E-state index is -0.352. The van der Waals surface area contributed by atoms with Gasteiger partial charge in [0.2, 0.25) is 5.13 Å². The van der Waals surface area contributed by atoms with Crippen molar-refractivity contribution in [3.63, 3.8) is 0 Å². The fourth-order valence-corrected chi connectivity index (χ4v) is 4.33. The molecule has 27 heavy (non-hydrogen) atoms. The number of rotatable bonds is 7. The number of carbonyl (C=O) groups excluding carboxylic acids is 2. The van der Waals surface area contributed by atoms with Gasteiger partial charge in [0.15, 0.2) is 10.9 Å². The van der Waals surface area contributed by atoms with Gasteiger partial charge in [-0.1, -0.05) is 53.4 Å². The van der Waals surface area contributed by atoms with Gasteiger partial charge < -0.3 is 9.47 Å². The van der Waals surface area contributed by atoms with Crippen molar-refractivity contribution in [2.45, 2.75) is 4.34 Å². The van der Waals surface area contributed by atoms with Gasteiger partial charge in [0, 0.05) is 0 Å². The number of amides is 1. The van der Waals surface area contributed by atoms with Crippen molar-refractivity contribution in [2.24, 2.45) is 0 Å². The molecule has 3 rings (SSSR count). The van der Waals surface area contributed by atoms with Crippen molar-refractivity contribution >= 4 is 66.8 Å². The zero-order valence-corrected chi connectivity index (χ0v) is 17.3. The van der Waals surface area contributed by atoms with Gasteiger partial charge >= 0.3 is 5.97 Å². The Morgan fingerprint density at radius 3 is 2.85 bits per heavy atom. The summed E-state index contributed by atoms with van der Waals surface area (Å²) in [4.78, 5) is 23.2. The zero-order valence-electron chi connectivity index (χ0n) is 14.1. The molecule has 1 heterocycles. The van der Waals surface area contributed by atoms with Gasteiger partial charge in [-0.2, -0.15) is 0 Å². The van der Waals surface area contributed by atoms with Crippen molar-refractivity contribution in [3.8, 4) is 5.75 Å². The molecule has 0 unspecified atom stereocenters. The molecule has 0 aliphatic carbocycles. The predicted octanol–water partition coefficient (Wildman–Crippen LogP) is 3.74. The summed E-state index contributed by atoms with van der Waals surface area (Å²) in [5.41, 5.74) is 0. The van der Waals surface area contributed by atoms with Gasteiger partial charge in [0.1, 0.15) is 5.75 Å². The lowest BCUT2D eigenvalue weighted by Crippen LogP contribution is -2.20. The fourth-order valence-electron chi connectivity index (χ4n) is 2.12. The van der Waals surface area contributed by atoms with Crippen LogP contribution in [0.15, 0.2) is 45.2 Å². The number of carbonyl (C=O) groups is 2. The first-order chi connectivity index (χ1) is 13.1. The minimum Gasteiger partial charge on any atom is -0.483 e. The first kappa shape index (κ1) is 19.6. The second-order valence-electron chi connectivity index (χ2n) is 5.17. The number of aromatic nitrogens is 2. The van der Waals surface area contributed by atoms with Crippen LogP contribution in [0.5, 0.6) is 5.75 Å². The van der Waals surface area contributed by atoms with Gasteiger partial charge in [-0.15, -0.1) is 10.2 Å². The lowest BCUT2D eigenvalue weighted by molar-refractivity contribution is -0.137. The summed E-state index contributed by atoms with van der Waals surface area (Å²) >= 11 is 5.89. The molecule has 0 aliphatic rings. The Balaban J connectivity index is 1.55. The van der Waals surface area contributed by atoms with Crippen LogP contribution in [0.4, 0.5) is 5.13 Å². The van der Waals surface area contributed by atoms with E-state index < -0.39 is 0 Å². The highest BCUT2D eigenvalue weighted by atomic mass is 79.9. The van der Waals surface area contributed by atoms with Crippen molar-refractivity contribution in [2.75, 3.05) is 24.8 Å². The van der Waals surface area contributed by atoms with Crippen LogP contribution in [0.3, 0.4) is 0 Å². The molecule has 0 saturated heterocycles. The molecular weight excluding hydrogens is 454 g/mol. The minimum absolute atomic E-state index is 0.137. The molecule has 7 nitrogen and oxygen atoms in total. The number of nitrogens with one attached hydrogen (secondary N) is 1. The number of halogens is 1. The number of benzene rings is 2. The van der Waals surface area contributed by atoms with Crippen molar-refractivity contribution in [1.82, 2.24) is 10.2 Å². The fraction of sp³-hybridized carbons (Fsp3) is 0.176. The van der Waals surface area contributed by atoms with E-state index in [4.69, 9.17) is 4.74 Å². The van der Waals surface area contributed by atoms with E-state index >= 15 is 0 Å². The second-order valence-corrected chi connectivity index (χ2v) is 8.17. The number of thioether (sulfide) groups is 1. The lowest BCUT2D eigenvalue weighted by Gasteiger charge is -2.09. The molecule has 2 aromatic carbocycles. The van der Waals surface area contributed by atoms with E-state index in [1.165, 1.54) is 30.2 Å². The van der Waals surface area contributed by atoms with Crippen molar-refractivity contribution in [3.05, 3.63) is 40.9 Å². The van der Waals surface area contributed by atoms with Gasteiger partial charge in [0.25, 0.3) is 5.91 Å². The zero-order chi connectivity index (χ0) is 19.2. The third-order valence-corrected chi connectivity index (χ3v) is 6.14. The summed E-state index contributed by atoms with van der Waals surface area (Å²) in [5, 5.41) is 12.8. The standard InChI is InChI=1S/C17H14BrN3O4S2/c1-24-14(23)9-26-17-21-20-16(27-17)19-13(22)8-25-12-7-6-10-4-2-3-5-11(10)15(12)18/h2-7H,8-9H2,1H3,(H,19,20,22). The van der Waals surface area contributed by atoms with Crippen molar-refractivity contribution < 1.29 is 19.1 Å². The monoisotopic (exact) mass is 467 g/mol. The van der Waals surface area contributed by atoms with Gasteiger partial charge in [0.05, 0.1) is 17.3 Å². The Bertz CT molecular complexity index is 980. The summed E-state index contributed by atoms with van der Waals surface area (Å²) < 4.78 is 11.5. The van der Waals surface area contributed by atoms with Crippen LogP contribution in [0.1, 0.15) is 0 Å². The number of hydrogen-bond donors (Lipinski definition) is 1. The number of hydrogen-bond acceptors (Lipinski definition) is 8. The molecule has 0 aliphatic heterocycles. The Morgan fingerprint density at radius 2 is 2.04 bits per heavy atom. The quantitative estimate of drug-likeness (QED) is 0.321. The molecule has 0 radical (unpaired) electrons. The molecule has 3 aromatic rings. The van der Waals surface area contributed by atoms with Crippen LogP contribution in [0.25, 0.3) is 10.8 Å². The number of esters is 1. The summed E-state index contributed by atoms with van der Waals surface area (Å²) in [6, 6.07) is 11.6. The van der Waals surface area contributed by atoms with E-state index in [1.54, 1.807) is 0 Å².